The molecule has 3 aromatic rings. The summed E-state index contributed by atoms with van der Waals surface area (Å²) < 4.78 is 41.8. The van der Waals surface area contributed by atoms with Gasteiger partial charge in [0, 0.05) is 49.8 Å². The average Bonchev–Trinajstić information content (AvgIpc) is 3.83. The Balaban J connectivity index is 0.814. The number of anilines is 2. The second-order valence-corrected chi connectivity index (χ2v) is 17.2. The van der Waals surface area contributed by atoms with Crippen molar-refractivity contribution in [3.63, 3.8) is 0 Å². The van der Waals surface area contributed by atoms with Gasteiger partial charge in [0.05, 0.1) is 28.1 Å². The van der Waals surface area contributed by atoms with E-state index in [1.165, 1.54) is 23.1 Å². The maximum atomic E-state index is 13.5. The number of likely N-dealkylation sites (tertiary alicyclic amines) is 1. The number of aromatic nitrogens is 2. The SMILES string of the molecule is CC(C)(N=CC(=CN)C1CCN(C2CC3(CCN(c4ccc5c(c4)C(=O)N(C4CCC(=O)NC4=O)C5=O)CC3)C2)CC1)C(=O)Nc1ccc(C(F)(F)F)cc1-n1cccn1. The van der Waals surface area contributed by atoms with Crippen LogP contribution in [0.4, 0.5) is 24.5 Å². The van der Waals surface area contributed by atoms with Gasteiger partial charge in [-0.15, -0.1) is 0 Å². The zero-order valence-electron chi connectivity index (χ0n) is 33.5. The molecule has 316 valence electrons. The third-order valence-corrected chi connectivity index (χ3v) is 13.1. The Morgan fingerprint density at radius 1 is 0.967 bits per heavy atom. The Kier molecular flexibility index (Phi) is 10.7. The highest BCUT2D eigenvalue weighted by molar-refractivity contribution is 6.23. The number of allylic oxidation sites excluding steroid dienone is 1. The van der Waals surface area contributed by atoms with Gasteiger partial charge in [-0.1, -0.05) is 0 Å². The summed E-state index contributed by atoms with van der Waals surface area (Å²) in [5, 5.41) is 9.04. The van der Waals surface area contributed by atoms with E-state index in [2.05, 4.69) is 30.5 Å². The van der Waals surface area contributed by atoms with E-state index in [0.717, 1.165) is 93.0 Å². The molecule has 0 radical (unpaired) electrons. The first-order valence-corrected chi connectivity index (χ1v) is 20.4. The Morgan fingerprint density at radius 2 is 1.68 bits per heavy atom. The van der Waals surface area contributed by atoms with Crippen LogP contribution < -0.4 is 21.3 Å². The number of hydrogen-bond donors (Lipinski definition) is 3. The lowest BCUT2D eigenvalue weighted by Gasteiger charge is -2.56. The molecule has 1 saturated carbocycles. The van der Waals surface area contributed by atoms with Crippen molar-refractivity contribution in [3.05, 3.63) is 83.3 Å². The van der Waals surface area contributed by atoms with Gasteiger partial charge in [-0.25, -0.2) is 4.68 Å². The molecular weight excluding hydrogens is 780 g/mol. The van der Waals surface area contributed by atoms with Crippen molar-refractivity contribution in [3.8, 4) is 5.69 Å². The maximum Gasteiger partial charge on any atom is 0.416 e. The number of imide groups is 2. The fourth-order valence-electron chi connectivity index (χ4n) is 9.37. The number of rotatable bonds is 9. The minimum absolute atomic E-state index is 0.0751. The highest BCUT2D eigenvalue weighted by Gasteiger charge is 2.49. The first-order chi connectivity index (χ1) is 28.6. The van der Waals surface area contributed by atoms with Gasteiger partial charge in [0.1, 0.15) is 11.6 Å². The number of aliphatic imine (C=N–C) groups is 1. The molecule has 1 aromatic heterocycles. The van der Waals surface area contributed by atoms with Gasteiger partial charge in [-0.3, -0.25) is 39.2 Å². The van der Waals surface area contributed by atoms with Crippen molar-refractivity contribution in [1.29, 1.82) is 0 Å². The molecule has 2 aromatic carbocycles. The van der Waals surface area contributed by atoms with Crippen molar-refractivity contribution in [2.24, 2.45) is 22.1 Å². The molecule has 1 spiro atoms. The van der Waals surface area contributed by atoms with Crippen molar-refractivity contribution in [2.75, 3.05) is 36.4 Å². The monoisotopic (exact) mass is 827 g/mol. The van der Waals surface area contributed by atoms with Crippen LogP contribution in [-0.2, 0) is 20.6 Å². The third-order valence-electron chi connectivity index (χ3n) is 13.1. The Labute approximate surface area is 345 Å². The van der Waals surface area contributed by atoms with E-state index in [1.54, 1.807) is 44.5 Å². The number of carbonyl (C=O) groups excluding carboxylic acids is 5. The molecule has 4 fully saturated rings. The lowest BCUT2D eigenvalue weighted by atomic mass is 9.59. The van der Waals surface area contributed by atoms with Crippen molar-refractivity contribution in [2.45, 2.75) is 89.0 Å². The Bertz CT molecular complexity index is 2260. The van der Waals surface area contributed by atoms with Gasteiger partial charge < -0.3 is 20.9 Å². The normalized spacial score (nSPS) is 22.1. The predicted octanol–water partition coefficient (Wildman–Crippen LogP) is 5.08. The van der Waals surface area contributed by atoms with Gasteiger partial charge in [0.25, 0.3) is 17.7 Å². The van der Waals surface area contributed by atoms with Gasteiger partial charge in [-0.2, -0.15) is 18.3 Å². The van der Waals surface area contributed by atoms with Crippen LogP contribution in [0.15, 0.2) is 71.6 Å². The largest absolute Gasteiger partial charge is 0.416 e. The molecule has 0 bridgehead atoms. The zero-order valence-corrected chi connectivity index (χ0v) is 33.5. The molecule has 4 aliphatic heterocycles. The average molecular weight is 828 g/mol. The molecule has 14 nitrogen and oxygen atoms in total. The molecule has 4 N–H and O–H groups in total. The topological polar surface area (TPSA) is 175 Å². The standard InChI is InChI=1S/C43H48F3N9O5/c1-41(2,40(60)50-33-7-4-28(43(44,45)46)20-35(33)54-15-3-14-49-54)48-25-27(24-47)26-10-16-52(17-11-26)30-22-42(23-30)12-18-53(19-13-42)29-5-6-31-32(21-29)39(59)55(38(31)58)34-8-9-36(56)51-37(34)57/h3-7,14-15,20-21,24-26,30,34H,8-13,16-19,22-23,47H2,1-2H3,(H,50,60)(H,51,56,57). The molecule has 1 unspecified atom stereocenters. The molecule has 8 rings (SSSR count). The lowest BCUT2D eigenvalue weighted by Crippen LogP contribution is -2.56. The molecule has 3 saturated heterocycles. The first kappa shape index (κ1) is 40.9. The van der Waals surface area contributed by atoms with Crippen LogP contribution in [0.1, 0.15) is 91.5 Å². The second-order valence-electron chi connectivity index (χ2n) is 17.2. The number of carbonyl (C=O) groups is 5. The quantitative estimate of drug-likeness (QED) is 0.196. The van der Waals surface area contributed by atoms with E-state index in [1.807, 2.05) is 6.07 Å². The highest BCUT2D eigenvalue weighted by atomic mass is 19.4. The van der Waals surface area contributed by atoms with Gasteiger partial charge in [-0.05, 0) is 137 Å². The number of amides is 5. The molecular formula is C43H48F3N9O5. The smallest absolute Gasteiger partial charge is 0.404 e. The Morgan fingerprint density at radius 3 is 2.33 bits per heavy atom. The van der Waals surface area contributed by atoms with Crippen LogP contribution in [0.25, 0.3) is 5.69 Å². The van der Waals surface area contributed by atoms with E-state index in [9.17, 15) is 37.1 Å². The van der Waals surface area contributed by atoms with Crippen LogP contribution in [0.3, 0.4) is 0 Å². The number of nitrogens with one attached hydrogen (secondary N) is 2. The van der Waals surface area contributed by atoms with Crippen LogP contribution in [0.5, 0.6) is 0 Å². The molecule has 60 heavy (non-hydrogen) atoms. The van der Waals surface area contributed by atoms with Crippen molar-refractivity contribution >= 4 is 47.1 Å². The van der Waals surface area contributed by atoms with E-state index < -0.39 is 52.9 Å². The summed E-state index contributed by atoms with van der Waals surface area (Å²) in [6.45, 7) is 6.76. The summed E-state index contributed by atoms with van der Waals surface area (Å²) in [6, 6.07) is 9.48. The number of benzene rings is 2. The third kappa shape index (κ3) is 7.82. The molecule has 1 atom stereocenters. The number of piperidine rings is 3. The minimum Gasteiger partial charge on any atom is -0.404 e. The summed E-state index contributed by atoms with van der Waals surface area (Å²) in [5.74, 6) is -2.37. The van der Waals surface area contributed by atoms with E-state index in [-0.39, 0.29) is 41.1 Å². The molecule has 5 heterocycles. The van der Waals surface area contributed by atoms with Crippen LogP contribution in [0, 0.1) is 11.3 Å². The summed E-state index contributed by atoms with van der Waals surface area (Å²) in [6.07, 6.45) is 7.82. The molecule has 1 aliphatic carbocycles. The molecule has 5 amide bonds. The summed E-state index contributed by atoms with van der Waals surface area (Å²) >= 11 is 0. The first-order valence-electron chi connectivity index (χ1n) is 20.4. The summed E-state index contributed by atoms with van der Waals surface area (Å²) in [5.41, 5.74) is 6.77. The van der Waals surface area contributed by atoms with Gasteiger partial charge >= 0.3 is 6.18 Å². The molecule has 5 aliphatic rings. The summed E-state index contributed by atoms with van der Waals surface area (Å²) in [7, 11) is 0. The van der Waals surface area contributed by atoms with Crippen LogP contribution in [0.2, 0.25) is 0 Å². The van der Waals surface area contributed by atoms with Gasteiger partial charge in [0.15, 0.2) is 0 Å². The number of nitrogens with two attached hydrogens (primary N) is 1. The Hall–Kier alpha value is -5.84. The molecule has 17 heteroatoms. The highest BCUT2D eigenvalue weighted by Crippen LogP contribution is 2.52. The maximum absolute atomic E-state index is 13.5. The number of hydrogen-bond acceptors (Lipinski definition) is 10. The lowest BCUT2D eigenvalue weighted by molar-refractivity contribution is -0.138. The van der Waals surface area contributed by atoms with Crippen molar-refractivity contribution in [1.82, 2.24) is 24.9 Å². The van der Waals surface area contributed by atoms with Crippen LogP contribution >= 0.6 is 0 Å². The van der Waals surface area contributed by atoms with Gasteiger partial charge in [0.2, 0.25) is 11.8 Å². The van der Waals surface area contributed by atoms with E-state index >= 15 is 0 Å². The summed E-state index contributed by atoms with van der Waals surface area (Å²) in [4.78, 5) is 74.5. The van der Waals surface area contributed by atoms with E-state index in [0.29, 0.717) is 11.6 Å². The predicted molar refractivity (Wildman–Crippen MR) is 216 cm³/mol. The number of fused-ring (bicyclic) bond motifs is 1. The van der Waals surface area contributed by atoms with E-state index in [4.69, 9.17) is 5.73 Å². The minimum atomic E-state index is -4.57. The number of halogens is 3. The second kappa shape index (κ2) is 15.6. The fraction of sp³-hybridized carbons (Fsp3) is 0.465. The fourth-order valence-corrected chi connectivity index (χ4v) is 9.37. The van der Waals surface area contributed by atoms with Crippen LogP contribution in [-0.4, -0.2) is 99.1 Å². The number of alkyl halides is 3. The number of nitrogens with zero attached hydrogens (tertiary/aromatic N) is 6. The van der Waals surface area contributed by atoms with Crippen molar-refractivity contribution < 1.29 is 37.1 Å². The zero-order chi connectivity index (χ0) is 42.6.